The van der Waals surface area contributed by atoms with Crippen LogP contribution in [-0.4, -0.2) is 113 Å². The van der Waals surface area contributed by atoms with Crippen molar-refractivity contribution in [3.8, 4) is 11.9 Å². The standard InChI is InChI=1S/C37H28Cl2N16O16S5/c38-32-46-34(42-15-40)50-36(47-32)44-18-3-8-24(74(63,64)65)22(14-18)53-55-30-26(76(69,70)71)12-16-11-25(75(66,67)68)29(28(41)27(16)31(30)57)54-52-21-13-19(4-7-23(21)73(60,61)62)45-37-49-33(39)48-35(51-37)43-17-1-5-20(6-2-17)72(58,59)10-9-56/h1-8,11-14,56-57H,9-10,41H2,(H,60,61,62)(H,63,64,65)(H,66,67,68)(H,69,70,71)(H2,42,44,46,47,50)(H2,43,45,48,49,51). The predicted octanol–water partition coefficient (Wildman–Crippen LogP) is 3.78. The number of benzene rings is 5. The van der Waals surface area contributed by atoms with E-state index in [1.807, 2.05) is 0 Å². The zero-order valence-corrected chi connectivity index (χ0v) is 42.5. The lowest BCUT2D eigenvalue weighted by atomic mass is 10.1. The monoisotopic (exact) mass is 1180 g/mol. The van der Waals surface area contributed by atoms with Crippen LogP contribution in [0.25, 0.3) is 10.8 Å². The number of hydrogen-bond acceptors (Lipinski definition) is 25. The van der Waals surface area contributed by atoms with Crippen molar-refractivity contribution in [3.05, 3.63) is 100 Å². The van der Waals surface area contributed by atoms with Crippen molar-refractivity contribution in [1.29, 1.82) is 5.26 Å². The molecule has 0 atom stereocenters. The number of hydrogen-bond donors (Lipinski definition) is 11. The fourth-order valence-electron chi connectivity index (χ4n) is 6.43. The van der Waals surface area contributed by atoms with Gasteiger partial charge in [0.1, 0.15) is 42.3 Å². The van der Waals surface area contributed by atoms with E-state index in [9.17, 15) is 65.4 Å². The van der Waals surface area contributed by atoms with Crippen LogP contribution in [-0.2, 0) is 50.3 Å². The van der Waals surface area contributed by atoms with Crippen molar-refractivity contribution >= 4 is 136 Å². The molecule has 0 spiro atoms. The Kier molecular flexibility index (Phi) is 15.6. The SMILES string of the molecule is N#CN=c1nc(Cl)[nH]c(=Nc2ccc(S(=O)(=O)O)c(N=Nc3c(S(=O)(=O)O)cc4cc(S(=O)(=O)O)c(N=Nc5cc(N=c6nc(Nc7ccc(S(=O)(=O)CCO)cc7)nc(Cl)[nH]6)ccc5S(=O)(=O)O)c(N)c4c3O)c2)[nH]1. The first-order chi connectivity index (χ1) is 35.4. The number of aromatic hydroxyl groups is 1. The van der Waals surface area contributed by atoms with Crippen LogP contribution >= 0.6 is 23.2 Å². The largest absolute Gasteiger partial charge is 0.505 e. The number of nitrogens with zero attached hydrogens (tertiary/aromatic N) is 11. The van der Waals surface area contributed by atoms with Crippen molar-refractivity contribution < 1.29 is 70.5 Å². The third-order valence-electron chi connectivity index (χ3n) is 9.57. The zero-order valence-electron chi connectivity index (χ0n) is 36.9. The number of rotatable bonds is 15. The maximum Gasteiger partial charge on any atom is 0.296 e. The number of azo groups is 2. The van der Waals surface area contributed by atoms with Crippen LogP contribution < -0.4 is 27.9 Å². The maximum atomic E-state index is 12.8. The Labute approximate surface area is 434 Å². The summed E-state index contributed by atoms with van der Waals surface area (Å²) in [6, 6.07) is 11.5. The number of fused-ring (bicyclic) bond motifs is 1. The van der Waals surface area contributed by atoms with E-state index >= 15 is 0 Å². The maximum absolute atomic E-state index is 12.8. The fraction of sp³-hybridized carbons (Fsp3) is 0.0541. The number of phenols is 1. The van der Waals surface area contributed by atoms with Gasteiger partial charge in [-0.1, -0.05) is 0 Å². The topological polar surface area (TPSA) is 526 Å². The van der Waals surface area contributed by atoms with Gasteiger partial charge in [-0.2, -0.15) is 53.9 Å². The molecular formula is C37H28Cl2N16O16S5. The molecule has 0 saturated carbocycles. The first-order valence-corrected chi connectivity index (χ1v) is 28.0. The number of halogens is 2. The van der Waals surface area contributed by atoms with Crippen molar-refractivity contribution in [1.82, 2.24) is 29.9 Å². The van der Waals surface area contributed by atoms with E-state index in [2.05, 4.69) is 70.7 Å². The van der Waals surface area contributed by atoms with Crippen LogP contribution in [0.3, 0.4) is 0 Å². The number of aromatic nitrogens is 6. The van der Waals surface area contributed by atoms with E-state index in [0.29, 0.717) is 12.1 Å². The third kappa shape index (κ3) is 12.9. The molecule has 0 fully saturated rings. The second kappa shape index (κ2) is 21.3. The molecule has 7 aromatic rings. The van der Waals surface area contributed by atoms with Crippen LogP contribution in [0.5, 0.6) is 5.75 Å². The van der Waals surface area contributed by atoms with E-state index in [1.165, 1.54) is 30.5 Å². The summed E-state index contributed by atoms with van der Waals surface area (Å²) >= 11 is 12.1. The Bertz CT molecular complexity index is 4490. The molecule has 12 N–H and O–H groups in total. The van der Waals surface area contributed by atoms with Crippen molar-refractivity contribution in [3.63, 3.8) is 0 Å². The van der Waals surface area contributed by atoms with E-state index < -0.39 is 127 Å². The highest BCUT2D eigenvalue weighted by molar-refractivity contribution is 7.91. The smallest absolute Gasteiger partial charge is 0.296 e. The van der Waals surface area contributed by atoms with Gasteiger partial charge in [0.2, 0.25) is 39.6 Å². The van der Waals surface area contributed by atoms with Gasteiger partial charge < -0.3 is 26.2 Å². The number of aliphatic hydroxyl groups excluding tert-OH is 1. The molecule has 5 aromatic carbocycles. The zero-order chi connectivity index (χ0) is 55.7. The number of nitriles is 1. The average Bonchev–Trinajstić information content (AvgIpc) is 3.29. The molecule has 7 rings (SSSR count). The molecule has 0 saturated heterocycles. The number of nitrogen functional groups attached to an aromatic ring is 1. The highest BCUT2D eigenvalue weighted by Crippen LogP contribution is 2.49. The summed E-state index contributed by atoms with van der Waals surface area (Å²) in [6.45, 7) is -0.603. The van der Waals surface area contributed by atoms with Crippen LogP contribution in [0.15, 0.2) is 133 Å². The molecule has 0 amide bonds. The second-order valence-corrected chi connectivity index (χ2v) is 23.0. The second-order valence-electron chi connectivity index (χ2n) is 14.7. The Morgan fingerprint density at radius 1 is 0.632 bits per heavy atom. The van der Waals surface area contributed by atoms with Crippen molar-refractivity contribution in [2.75, 3.05) is 23.4 Å². The first kappa shape index (κ1) is 55.7. The average molecular weight is 1180 g/mol. The summed E-state index contributed by atoms with van der Waals surface area (Å²) in [4.78, 5) is 26.3. The Hall–Kier alpha value is -8.00. The molecule has 2 aromatic heterocycles. The van der Waals surface area contributed by atoms with Crippen LogP contribution in [0, 0.1) is 11.5 Å². The van der Waals surface area contributed by atoms with Gasteiger partial charge in [0, 0.05) is 5.69 Å². The number of nitrogens with one attached hydrogen (secondary N) is 4. The van der Waals surface area contributed by atoms with Gasteiger partial charge in [-0.05, 0) is 101 Å². The molecule has 0 aliphatic carbocycles. The van der Waals surface area contributed by atoms with E-state index in [0.717, 1.165) is 36.4 Å². The molecule has 0 bridgehead atoms. The number of anilines is 3. The highest BCUT2D eigenvalue weighted by Gasteiger charge is 2.29. The summed E-state index contributed by atoms with van der Waals surface area (Å²) in [5.41, 5.74) is 0.372. The van der Waals surface area contributed by atoms with Gasteiger partial charge >= 0.3 is 0 Å². The van der Waals surface area contributed by atoms with Gasteiger partial charge in [0.15, 0.2) is 15.6 Å². The van der Waals surface area contributed by atoms with E-state index in [1.54, 1.807) is 0 Å². The molecule has 76 heavy (non-hydrogen) atoms. The summed E-state index contributed by atoms with van der Waals surface area (Å²) in [5, 5.41) is 45.0. The lowest BCUT2D eigenvalue weighted by molar-refractivity contribution is 0.319. The fourth-order valence-corrected chi connectivity index (χ4v) is 10.3. The molecule has 396 valence electrons. The molecule has 39 heteroatoms. The quantitative estimate of drug-likeness (QED) is 0.0301. The normalized spacial score (nSPS) is 13.5. The van der Waals surface area contributed by atoms with Gasteiger partial charge in [0.05, 0.1) is 39.7 Å². The molecule has 0 radical (unpaired) electrons. The molecule has 0 aliphatic heterocycles. The summed E-state index contributed by atoms with van der Waals surface area (Å²) in [7, 11) is -25.2. The number of phenolic OH excluding ortho intramolecular Hbond substituents is 1. The van der Waals surface area contributed by atoms with E-state index in [4.69, 9.17) is 39.3 Å². The third-order valence-corrected chi connectivity index (χ3v) is 15.2. The molecule has 2 heterocycles. The number of aliphatic hydroxyl groups is 1. The highest BCUT2D eigenvalue weighted by atomic mass is 35.5. The molecule has 32 nitrogen and oxygen atoms in total. The summed E-state index contributed by atoms with van der Waals surface area (Å²) in [6.07, 6.45) is 1.46. The van der Waals surface area contributed by atoms with Crippen LogP contribution in [0.2, 0.25) is 10.6 Å². The minimum Gasteiger partial charge on any atom is -0.505 e. The van der Waals surface area contributed by atoms with Gasteiger partial charge in [0.25, 0.3) is 40.5 Å². The van der Waals surface area contributed by atoms with Crippen LogP contribution in [0.4, 0.5) is 51.4 Å². The Morgan fingerprint density at radius 3 is 1.70 bits per heavy atom. The van der Waals surface area contributed by atoms with E-state index in [-0.39, 0.29) is 55.3 Å². The summed E-state index contributed by atoms with van der Waals surface area (Å²) in [5.74, 6) is -2.07. The van der Waals surface area contributed by atoms with Gasteiger partial charge in [-0.15, -0.1) is 25.4 Å². The lowest BCUT2D eigenvalue weighted by Crippen LogP contribution is -2.26. The Balaban J connectivity index is 1.35. The first-order valence-electron chi connectivity index (χ1n) is 19.8. The molecule has 0 aliphatic rings. The molecular weight excluding hydrogens is 1160 g/mol. The Morgan fingerprint density at radius 2 is 1.16 bits per heavy atom. The number of nitrogens with two attached hydrogens (primary N) is 1. The van der Waals surface area contributed by atoms with Gasteiger partial charge in [-0.3, -0.25) is 28.2 Å². The van der Waals surface area contributed by atoms with Gasteiger partial charge in [-0.25, -0.2) is 18.4 Å². The van der Waals surface area contributed by atoms with Crippen molar-refractivity contribution in [2.45, 2.75) is 24.5 Å². The number of sulfone groups is 1. The summed E-state index contributed by atoms with van der Waals surface area (Å²) < 4.78 is 166. The minimum absolute atomic E-state index is 0.0881. The number of H-pyrrole nitrogens is 3. The lowest BCUT2D eigenvalue weighted by Gasteiger charge is -2.14. The number of aromatic amines is 3. The van der Waals surface area contributed by atoms with Crippen LogP contribution in [0.1, 0.15) is 0 Å². The van der Waals surface area contributed by atoms with Crippen molar-refractivity contribution in [2.24, 2.45) is 35.4 Å². The minimum atomic E-state index is -5.53. The molecule has 0 unspecified atom stereocenters. The predicted molar refractivity (Wildman–Crippen MR) is 260 cm³/mol.